The number of rotatable bonds is 1. The summed E-state index contributed by atoms with van der Waals surface area (Å²) in [5, 5.41) is 1.92. The van der Waals surface area contributed by atoms with Crippen LogP contribution in [0.4, 0.5) is 4.39 Å². The van der Waals surface area contributed by atoms with Crippen LogP contribution in [0.2, 0.25) is 0 Å². The number of halogens is 2. The number of carbonyl (C=O) groups is 1. The summed E-state index contributed by atoms with van der Waals surface area (Å²) in [6, 6.07) is 5.93. The third-order valence-corrected chi connectivity index (χ3v) is 4.78. The van der Waals surface area contributed by atoms with Crippen LogP contribution in [0, 0.1) is 5.82 Å². The molecule has 3 rings (SSSR count). The van der Waals surface area contributed by atoms with Crippen LogP contribution in [0.5, 0.6) is 5.75 Å². The number of fused-ring (bicyclic) bond motifs is 1. The molecule has 0 saturated carbocycles. The molecule has 18 heavy (non-hydrogen) atoms. The first-order chi connectivity index (χ1) is 8.65. The monoisotopic (exact) mass is 326 g/mol. The summed E-state index contributed by atoms with van der Waals surface area (Å²) in [7, 11) is 0. The fourth-order valence-corrected chi connectivity index (χ4v) is 3.64. The van der Waals surface area contributed by atoms with Crippen LogP contribution >= 0.6 is 27.3 Å². The topological polar surface area (TPSA) is 26.3 Å². The fourth-order valence-electron chi connectivity index (χ4n) is 1.98. The number of ether oxygens (including phenoxy) is 1. The predicted octanol–water partition coefficient (Wildman–Crippen LogP) is 4.36. The Balaban J connectivity index is 2.01. The van der Waals surface area contributed by atoms with Crippen LogP contribution < -0.4 is 4.74 Å². The Labute approximate surface area is 116 Å². The van der Waals surface area contributed by atoms with E-state index in [0.29, 0.717) is 11.3 Å². The lowest BCUT2D eigenvalue weighted by atomic mass is 10.00. The summed E-state index contributed by atoms with van der Waals surface area (Å²) in [4.78, 5) is 13.0. The molecule has 2 nitrogen and oxygen atoms in total. The van der Waals surface area contributed by atoms with Crippen molar-refractivity contribution in [3.63, 3.8) is 0 Å². The van der Waals surface area contributed by atoms with Crippen molar-refractivity contribution in [1.29, 1.82) is 0 Å². The van der Waals surface area contributed by atoms with Crippen molar-refractivity contribution in [3.05, 3.63) is 50.4 Å². The molecule has 2 heterocycles. The standard InChI is InChI=1S/C13H8BrFO2S/c14-9-3-4-18-13(9)12-6-10(16)8-2-1-7(15)5-11(8)17-12/h1-5,12H,6H2. The van der Waals surface area contributed by atoms with E-state index in [1.54, 1.807) is 0 Å². The van der Waals surface area contributed by atoms with Gasteiger partial charge in [-0.05, 0) is 39.5 Å². The van der Waals surface area contributed by atoms with Crippen molar-refractivity contribution in [2.24, 2.45) is 0 Å². The normalized spacial score (nSPS) is 18.3. The maximum absolute atomic E-state index is 13.2. The number of carbonyl (C=O) groups excluding carboxylic acids is 1. The molecule has 0 radical (unpaired) electrons. The first kappa shape index (κ1) is 11.9. The summed E-state index contributed by atoms with van der Waals surface area (Å²) in [5.41, 5.74) is 0.459. The minimum Gasteiger partial charge on any atom is -0.484 e. The highest BCUT2D eigenvalue weighted by Gasteiger charge is 2.29. The lowest BCUT2D eigenvalue weighted by molar-refractivity contribution is 0.0853. The van der Waals surface area contributed by atoms with Gasteiger partial charge in [-0.1, -0.05) is 0 Å². The molecule has 1 aromatic heterocycles. The average molecular weight is 327 g/mol. The second-order valence-corrected chi connectivity index (χ2v) is 5.81. The van der Waals surface area contributed by atoms with Gasteiger partial charge in [-0.15, -0.1) is 11.3 Å². The molecule has 0 aliphatic carbocycles. The lowest BCUT2D eigenvalue weighted by Crippen LogP contribution is -2.20. The van der Waals surface area contributed by atoms with E-state index in [-0.39, 0.29) is 18.3 Å². The summed E-state index contributed by atoms with van der Waals surface area (Å²) >= 11 is 4.94. The molecule has 92 valence electrons. The molecule has 0 fully saturated rings. The summed E-state index contributed by atoms with van der Waals surface area (Å²) < 4.78 is 19.8. The van der Waals surface area contributed by atoms with Crippen molar-refractivity contribution in [3.8, 4) is 5.75 Å². The highest BCUT2D eigenvalue weighted by atomic mass is 79.9. The van der Waals surface area contributed by atoms with Gasteiger partial charge in [-0.3, -0.25) is 4.79 Å². The van der Waals surface area contributed by atoms with Gasteiger partial charge in [0, 0.05) is 10.5 Å². The average Bonchev–Trinajstić information content (AvgIpc) is 2.74. The van der Waals surface area contributed by atoms with E-state index in [9.17, 15) is 9.18 Å². The largest absolute Gasteiger partial charge is 0.484 e. The Bertz CT molecular complexity index is 623. The third kappa shape index (κ3) is 1.97. The van der Waals surface area contributed by atoms with Gasteiger partial charge < -0.3 is 4.74 Å². The van der Waals surface area contributed by atoms with Gasteiger partial charge in [0.2, 0.25) is 0 Å². The van der Waals surface area contributed by atoms with Crippen molar-refractivity contribution >= 4 is 33.0 Å². The molecule has 1 aromatic carbocycles. The van der Waals surface area contributed by atoms with Gasteiger partial charge in [0.25, 0.3) is 0 Å². The van der Waals surface area contributed by atoms with E-state index in [1.165, 1.54) is 29.5 Å². The lowest BCUT2D eigenvalue weighted by Gasteiger charge is -2.24. The van der Waals surface area contributed by atoms with Crippen LogP contribution in [0.15, 0.2) is 34.1 Å². The van der Waals surface area contributed by atoms with Crippen molar-refractivity contribution in [1.82, 2.24) is 0 Å². The van der Waals surface area contributed by atoms with Crippen LogP contribution in [0.1, 0.15) is 27.8 Å². The Hall–Kier alpha value is -1.20. The van der Waals surface area contributed by atoms with E-state index >= 15 is 0 Å². The molecule has 5 heteroatoms. The molecule has 1 aliphatic rings. The molecule has 0 bridgehead atoms. The van der Waals surface area contributed by atoms with Crippen LogP contribution in [0.3, 0.4) is 0 Å². The molecule has 0 amide bonds. The highest BCUT2D eigenvalue weighted by Crippen LogP contribution is 2.39. The zero-order valence-corrected chi connectivity index (χ0v) is 11.6. The molecule has 0 spiro atoms. The minimum absolute atomic E-state index is 0.0125. The van der Waals surface area contributed by atoms with Crippen LogP contribution in [-0.4, -0.2) is 5.78 Å². The van der Waals surface area contributed by atoms with Gasteiger partial charge in [0.15, 0.2) is 5.78 Å². The Morgan fingerprint density at radius 3 is 2.94 bits per heavy atom. The summed E-state index contributed by atoms with van der Waals surface area (Å²) in [5.74, 6) is -0.0782. The first-order valence-electron chi connectivity index (χ1n) is 5.37. The second kappa shape index (κ2) is 4.48. The first-order valence-corrected chi connectivity index (χ1v) is 7.04. The highest BCUT2D eigenvalue weighted by molar-refractivity contribution is 9.10. The zero-order chi connectivity index (χ0) is 12.7. The molecular weight excluding hydrogens is 319 g/mol. The van der Waals surface area contributed by atoms with E-state index in [2.05, 4.69) is 15.9 Å². The van der Waals surface area contributed by atoms with Crippen molar-refractivity contribution in [2.75, 3.05) is 0 Å². The Morgan fingerprint density at radius 2 is 2.22 bits per heavy atom. The molecule has 1 atom stereocenters. The molecule has 2 aromatic rings. The van der Waals surface area contributed by atoms with Gasteiger partial charge >= 0.3 is 0 Å². The van der Waals surface area contributed by atoms with E-state index in [0.717, 1.165) is 9.35 Å². The van der Waals surface area contributed by atoms with Crippen LogP contribution in [-0.2, 0) is 0 Å². The maximum Gasteiger partial charge on any atom is 0.170 e. The van der Waals surface area contributed by atoms with Crippen LogP contribution in [0.25, 0.3) is 0 Å². The number of benzene rings is 1. The van der Waals surface area contributed by atoms with Gasteiger partial charge in [0.1, 0.15) is 17.7 Å². The van der Waals surface area contributed by atoms with Gasteiger partial charge in [0.05, 0.1) is 16.9 Å². The van der Waals surface area contributed by atoms with Gasteiger partial charge in [-0.25, -0.2) is 4.39 Å². The Kier molecular flexibility index (Phi) is 2.95. The Morgan fingerprint density at radius 1 is 1.39 bits per heavy atom. The number of ketones is 1. The number of Topliss-reactive ketones (excluding diaryl/α,β-unsaturated/α-hetero) is 1. The maximum atomic E-state index is 13.2. The molecule has 0 N–H and O–H groups in total. The summed E-state index contributed by atoms with van der Waals surface area (Å²) in [6.45, 7) is 0. The number of hydrogen-bond donors (Lipinski definition) is 0. The fraction of sp³-hybridized carbons (Fsp3) is 0.154. The van der Waals surface area contributed by atoms with E-state index in [4.69, 9.17) is 4.74 Å². The zero-order valence-electron chi connectivity index (χ0n) is 9.15. The molecular formula is C13H8BrFO2S. The summed E-state index contributed by atoms with van der Waals surface area (Å²) in [6.07, 6.45) is -0.0428. The van der Waals surface area contributed by atoms with Gasteiger partial charge in [-0.2, -0.15) is 0 Å². The van der Waals surface area contributed by atoms with Crippen molar-refractivity contribution in [2.45, 2.75) is 12.5 Å². The molecule has 1 unspecified atom stereocenters. The smallest absolute Gasteiger partial charge is 0.170 e. The second-order valence-electron chi connectivity index (χ2n) is 4.01. The quantitative estimate of drug-likeness (QED) is 0.778. The van der Waals surface area contributed by atoms with E-state index < -0.39 is 5.82 Å². The van der Waals surface area contributed by atoms with Crippen molar-refractivity contribution < 1.29 is 13.9 Å². The SMILES string of the molecule is O=C1CC(c2sccc2Br)Oc2cc(F)ccc21. The number of thiophene rings is 1. The van der Waals surface area contributed by atoms with E-state index in [1.807, 2.05) is 11.4 Å². The predicted molar refractivity (Wildman–Crippen MR) is 70.7 cm³/mol. The third-order valence-electron chi connectivity index (χ3n) is 2.82. The molecule has 1 aliphatic heterocycles. The molecule has 0 saturated heterocycles. The number of hydrogen-bond acceptors (Lipinski definition) is 3. The minimum atomic E-state index is -0.396.